The van der Waals surface area contributed by atoms with Crippen molar-refractivity contribution in [2.75, 3.05) is 12.3 Å². The van der Waals surface area contributed by atoms with E-state index in [0.717, 1.165) is 5.56 Å². The Balaban J connectivity index is 2.06. The van der Waals surface area contributed by atoms with Gasteiger partial charge in [0.2, 0.25) is 0 Å². The minimum Gasteiger partial charge on any atom is -0.462 e. The molecule has 23 heavy (non-hydrogen) atoms. The third-order valence-corrected chi connectivity index (χ3v) is 2.93. The van der Waals surface area contributed by atoms with Crippen LogP contribution in [0, 0.1) is 0 Å². The monoisotopic (exact) mass is 315 g/mol. The first-order valence-corrected chi connectivity index (χ1v) is 7.06. The van der Waals surface area contributed by atoms with Gasteiger partial charge in [-0.2, -0.15) is 0 Å². The van der Waals surface area contributed by atoms with E-state index in [2.05, 4.69) is 0 Å². The standard InChI is InChI=1S/C17H17NO5/c1-2-21-16(19)15-13(18)9-6-10-14(15)23-17(20)22-11-12-7-4-3-5-8-12/h3-10H,2,11,18H2,1H3. The Morgan fingerprint density at radius 3 is 2.43 bits per heavy atom. The minimum absolute atomic E-state index is 0.00140. The van der Waals surface area contributed by atoms with Crippen LogP contribution >= 0.6 is 0 Å². The zero-order chi connectivity index (χ0) is 16.7. The second-order valence-corrected chi connectivity index (χ2v) is 4.57. The summed E-state index contributed by atoms with van der Waals surface area (Å²) in [6.45, 7) is 1.92. The molecular formula is C17H17NO5. The molecule has 0 saturated carbocycles. The lowest BCUT2D eigenvalue weighted by Gasteiger charge is -2.11. The van der Waals surface area contributed by atoms with Gasteiger partial charge in [-0.15, -0.1) is 0 Å². The summed E-state index contributed by atoms with van der Waals surface area (Å²) in [5, 5.41) is 0. The van der Waals surface area contributed by atoms with E-state index in [1.165, 1.54) is 12.1 Å². The van der Waals surface area contributed by atoms with Crippen LogP contribution in [0.1, 0.15) is 22.8 Å². The number of rotatable bonds is 5. The predicted octanol–water partition coefficient (Wildman–Crippen LogP) is 3.16. The highest BCUT2D eigenvalue weighted by Crippen LogP contribution is 2.25. The van der Waals surface area contributed by atoms with E-state index in [9.17, 15) is 9.59 Å². The molecule has 0 atom stereocenters. The second kappa shape index (κ2) is 7.84. The molecule has 0 heterocycles. The average Bonchev–Trinajstić information content (AvgIpc) is 2.54. The van der Waals surface area contributed by atoms with Gasteiger partial charge in [-0.25, -0.2) is 9.59 Å². The number of hydrogen-bond donors (Lipinski definition) is 1. The van der Waals surface area contributed by atoms with Gasteiger partial charge in [0.05, 0.1) is 6.61 Å². The number of hydrogen-bond acceptors (Lipinski definition) is 6. The fourth-order valence-corrected chi connectivity index (χ4v) is 1.89. The summed E-state index contributed by atoms with van der Waals surface area (Å²) >= 11 is 0. The summed E-state index contributed by atoms with van der Waals surface area (Å²) in [5.74, 6) is -0.655. The molecule has 6 heteroatoms. The maximum atomic E-state index is 11.9. The van der Waals surface area contributed by atoms with E-state index < -0.39 is 12.1 Å². The van der Waals surface area contributed by atoms with Gasteiger partial charge in [0.1, 0.15) is 12.2 Å². The van der Waals surface area contributed by atoms with Gasteiger partial charge < -0.3 is 19.9 Å². The van der Waals surface area contributed by atoms with Crippen molar-refractivity contribution in [1.82, 2.24) is 0 Å². The number of carbonyl (C=O) groups excluding carboxylic acids is 2. The van der Waals surface area contributed by atoms with Crippen LogP contribution in [0.2, 0.25) is 0 Å². The predicted molar refractivity (Wildman–Crippen MR) is 84.1 cm³/mol. The van der Waals surface area contributed by atoms with Gasteiger partial charge >= 0.3 is 12.1 Å². The van der Waals surface area contributed by atoms with Crippen molar-refractivity contribution in [3.63, 3.8) is 0 Å². The van der Waals surface area contributed by atoms with E-state index in [1.807, 2.05) is 30.3 Å². The van der Waals surface area contributed by atoms with Crippen LogP contribution in [-0.4, -0.2) is 18.7 Å². The highest BCUT2D eigenvalue weighted by Gasteiger charge is 2.20. The van der Waals surface area contributed by atoms with Crippen LogP contribution in [0.3, 0.4) is 0 Å². The molecule has 0 aliphatic carbocycles. The molecule has 2 rings (SSSR count). The zero-order valence-electron chi connectivity index (χ0n) is 12.7. The summed E-state index contributed by atoms with van der Waals surface area (Å²) < 4.78 is 15.0. The van der Waals surface area contributed by atoms with Gasteiger partial charge in [0, 0.05) is 5.69 Å². The molecule has 0 saturated heterocycles. The van der Waals surface area contributed by atoms with Crippen LogP contribution < -0.4 is 10.5 Å². The molecular weight excluding hydrogens is 298 g/mol. The lowest BCUT2D eigenvalue weighted by molar-refractivity contribution is 0.0521. The van der Waals surface area contributed by atoms with E-state index in [4.69, 9.17) is 19.9 Å². The highest BCUT2D eigenvalue weighted by atomic mass is 16.7. The Hall–Kier alpha value is -3.02. The summed E-state index contributed by atoms with van der Waals surface area (Å²) in [6.07, 6.45) is -0.926. The molecule has 0 aromatic heterocycles. The number of carbonyl (C=O) groups is 2. The first-order valence-electron chi connectivity index (χ1n) is 7.06. The van der Waals surface area contributed by atoms with Crippen molar-refractivity contribution in [2.45, 2.75) is 13.5 Å². The van der Waals surface area contributed by atoms with Crippen molar-refractivity contribution >= 4 is 17.8 Å². The summed E-state index contributed by atoms with van der Waals surface area (Å²) in [4.78, 5) is 23.7. The van der Waals surface area contributed by atoms with Crippen LogP contribution in [0.15, 0.2) is 48.5 Å². The van der Waals surface area contributed by atoms with Crippen LogP contribution in [-0.2, 0) is 16.1 Å². The summed E-state index contributed by atoms with van der Waals surface area (Å²) in [7, 11) is 0. The Kier molecular flexibility index (Phi) is 5.57. The Labute approximate surface area is 133 Å². The zero-order valence-corrected chi connectivity index (χ0v) is 12.7. The second-order valence-electron chi connectivity index (χ2n) is 4.57. The smallest absolute Gasteiger partial charge is 0.462 e. The SMILES string of the molecule is CCOC(=O)c1c(N)cccc1OC(=O)OCc1ccccc1. The first kappa shape index (κ1) is 16.4. The Morgan fingerprint density at radius 1 is 1.00 bits per heavy atom. The topological polar surface area (TPSA) is 87.9 Å². The fraction of sp³-hybridized carbons (Fsp3) is 0.176. The maximum Gasteiger partial charge on any atom is 0.514 e. The van der Waals surface area contributed by atoms with Gasteiger partial charge in [-0.05, 0) is 24.6 Å². The third-order valence-electron chi connectivity index (χ3n) is 2.93. The van der Waals surface area contributed by atoms with Gasteiger partial charge in [-0.1, -0.05) is 36.4 Å². The summed E-state index contributed by atoms with van der Waals surface area (Å²) in [5.41, 5.74) is 6.75. The lowest BCUT2D eigenvalue weighted by atomic mass is 10.1. The number of anilines is 1. The molecule has 2 aromatic carbocycles. The Bertz CT molecular complexity index is 685. The molecule has 0 radical (unpaired) electrons. The molecule has 0 aliphatic rings. The van der Waals surface area contributed by atoms with E-state index in [1.54, 1.807) is 13.0 Å². The molecule has 6 nitrogen and oxygen atoms in total. The molecule has 0 bridgehead atoms. The molecule has 120 valence electrons. The van der Waals surface area contributed by atoms with Crippen molar-refractivity contribution < 1.29 is 23.8 Å². The van der Waals surface area contributed by atoms with Crippen molar-refractivity contribution in [3.8, 4) is 5.75 Å². The molecule has 0 fully saturated rings. The van der Waals surface area contributed by atoms with Crippen LogP contribution in [0.5, 0.6) is 5.75 Å². The average molecular weight is 315 g/mol. The maximum absolute atomic E-state index is 11.9. The molecule has 0 aliphatic heterocycles. The number of benzene rings is 2. The van der Waals surface area contributed by atoms with Crippen LogP contribution in [0.25, 0.3) is 0 Å². The Morgan fingerprint density at radius 2 is 1.74 bits per heavy atom. The van der Waals surface area contributed by atoms with Crippen molar-refractivity contribution in [1.29, 1.82) is 0 Å². The molecule has 2 aromatic rings. The highest BCUT2D eigenvalue weighted by molar-refractivity contribution is 5.98. The minimum atomic E-state index is -0.926. The molecule has 0 unspecified atom stereocenters. The van der Waals surface area contributed by atoms with E-state index in [0.29, 0.717) is 0 Å². The molecule has 0 amide bonds. The number of esters is 1. The van der Waals surface area contributed by atoms with Gasteiger partial charge in [0.15, 0.2) is 5.75 Å². The van der Waals surface area contributed by atoms with Gasteiger partial charge in [-0.3, -0.25) is 0 Å². The normalized spacial score (nSPS) is 9.96. The number of ether oxygens (including phenoxy) is 3. The van der Waals surface area contributed by atoms with E-state index >= 15 is 0 Å². The largest absolute Gasteiger partial charge is 0.514 e. The van der Waals surface area contributed by atoms with Crippen molar-refractivity contribution in [2.24, 2.45) is 0 Å². The van der Waals surface area contributed by atoms with Crippen molar-refractivity contribution in [3.05, 3.63) is 59.7 Å². The summed E-state index contributed by atoms with van der Waals surface area (Å²) in [6, 6.07) is 13.7. The van der Waals surface area contributed by atoms with E-state index in [-0.39, 0.29) is 30.2 Å². The molecule has 0 spiro atoms. The quantitative estimate of drug-likeness (QED) is 0.518. The lowest BCUT2D eigenvalue weighted by Crippen LogP contribution is -2.15. The number of nitrogens with two attached hydrogens (primary N) is 1. The number of nitrogen functional groups attached to an aromatic ring is 1. The van der Waals surface area contributed by atoms with Gasteiger partial charge in [0.25, 0.3) is 0 Å². The fourth-order valence-electron chi connectivity index (χ4n) is 1.89. The third kappa shape index (κ3) is 4.47. The molecule has 2 N–H and O–H groups in total. The first-order chi connectivity index (χ1) is 11.1. The van der Waals surface area contributed by atoms with Crippen LogP contribution in [0.4, 0.5) is 10.5 Å².